The summed E-state index contributed by atoms with van der Waals surface area (Å²) < 4.78 is 15.4. The van der Waals surface area contributed by atoms with Crippen LogP contribution in [0, 0.1) is 11.3 Å². The molecule has 0 aliphatic carbocycles. The SMILES string of the molecule is CCCCOCCOC(=O)/C(C#N)=C(C)\C=C(/C)NCCCOC. The predicted molar refractivity (Wildman–Crippen MR) is 93.3 cm³/mol. The highest BCUT2D eigenvalue weighted by atomic mass is 16.6. The van der Waals surface area contributed by atoms with Crippen LogP contribution in [-0.4, -0.2) is 46.1 Å². The van der Waals surface area contributed by atoms with E-state index in [-0.39, 0.29) is 12.2 Å². The Morgan fingerprint density at radius 3 is 2.54 bits per heavy atom. The van der Waals surface area contributed by atoms with E-state index in [1.54, 1.807) is 20.1 Å². The van der Waals surface area contributed by atoms with Gasteiger partial charge in [0, 0.05) is 32.6 Å². The lowest BCUT2D eigenvalue weighted by Gasteiger charge is -2.08. The van der Waals surface area contributed by atoms with Crippen LogP contribution in [0.3, 0.4) is 0 Å². The third-order valence-electron chi connectivity index (χ3n) is 3.18. The summed E-state index contributed by atoms with van der Waals surface area (Å²) in [5.74, 6) is -0.613. The van der Waals surface area contributed by atoms with Gasteiger partial charge in [0.15, 0.2) is 0 Å². The summed E-state index contributed by atoms with van der Waals surface area (Å²) in [4.78, 5) is 12.0. The van der Waals surface area contributed by atoms with Gasteiger partial charge < -0.3 is 19.5 Å². The number of nitriles is 1. The molecule has 0 heterocycles. The number of esters is 1. The zero-order valence-corrected chi connectivity index (χ0v) is 15.3. The van der Waals surface area contributed by atoms with Crippen molar-refractivity contribution < 1.29 is 19.0 Å². The number of allylic oxidation sites excluding steroid dienone is 3. The molecule has 0 rings (SSSR count). The number of hydrogen-bond donors (Lipinski definition) is 1. The van der Waals surface area contributed by atoms with E-state index in [1.807, 2.05) is 13.0 Å². The summed E-state index contributed by atoms with van der Waals surface area (Å²) in [5, 5.41) is 12.4. The van der Waals surface area contributed by atoms with Gasteiger partial charge >= 0.3 is 5.97 Å². The van der Waals surface area contributed by atoms with Crippen molar-refractivity contribution in [3.05, 3.63) is 22.9 Å². The molecule has 6 nitrogen and oxygen atoms in total. The minimum atomic E-state index is -0.613. The van der Waals surface area contributed by atoms with E-state index in [0.29, 0.717) is 25.4 Å². The van der Waals surface area contributed by atoms with Crippen LogP contribution in [0.5, 0.6) is 0 Å². The van der Waals surface area contributed by atoms with Crippen molar-refractivity contribution in [2.75, 3.05) is 40.1 Å². The average Bonchev–Trinajstić information content (AvgIpc) is 2.55. The molecule has 0 atom stereocenters. The van der Waals surface area contributed by atoms with Gasteiger partial charge in [-0.25, -0.2) is 4.79 Å². The Morgan fingerprint density at radius 1 is 1.17 bits per heavy atom. The smallest absolute Gasteiger partial charge is 0.349 e. The Labute approximate surface area is 145 Å². The fourth-order valence-electron chi connectivity index (χ4n) is 1.86. The fraction of sp³-hybridized carbons (Fsp3) is 0.667. The fourth-order valence-corrected chi connectivity index (χ4v) is 1.86. The first-order valence-corrected chi connectivity index (χ1v) is 8.33. The molecule has 0 aliphatic heterocycles. The van der Waals surface area contributed by atoms with Gasteiger partial charge in [-0.15, -0.1) is 0 Å². The molecule has 0 spiro atoms. The number of nitrogens with zero attached hydrogens (tertiary/aromatic N) is 1. The van der Waals surface area contributed by atoms with Crippen molar-refractivity contribution in [1.82, 2.24) is 5.32 Å². The highest BCUT2D eigenvalue weighted by Gasteiger charge is 2.13. The number of methoxy groups -OCH3 is 1. The van der Waals surface area contributed by atoms with E-state index in [1.165, 1.54) is 0 Å². The minimum absolute atomic E-state index is 0.0154. The summed E-state index contributed by atoms with van der Waals surface area (Å²) >= 11 is 0. The zero-order chi connectivity index (χ0) is 18.2. The molecule has 0 saturated heterocycles. The van der Waals surface area contributed by atoms with Gasteiger partial charge in [-0.2, -0.15) is 5.26 Å². The van der Waals surface area contributed by atoms with Crippen molar-refractivity contribution >= 4 is 5.97 Å². The van der Waals surface area contributed by atoms with Crippen LogP contribution in [0.15, 0.2) is 22.9 Å². The van der Waals surface area contributed by atoms with Gasteiger partial charge in [-0.05, 0) is 38.3 Å². The number of nitrogens with one attached hydrogen (secondary N) is 1. The van der Waals surface area contributed by atoms with Crippen LogP contribution in [0.1, 0.15) is 40.0 Å². The zero-order valence-electron chi connectivity index (χ0n) is 15.3. The molecule has 136 valence electrons. The van der Waals surface area contributed by atoms with Crippen LogP contribution in [0.4, 0.5) is 0 Å². The van der Waals surface area contributed by atoms with E-state index in [9.17, 15) is 10.1 Å². The number of rotatable bonds is 13. The maximum Gasteiger partial charge on any atom is 0.349 e. The molecule has 0 aromatic carbocycles. The molecule has 1 N–H and O–H groups in total. The summed E-state index contributed by atoms with van der Waals surface area (Å²) in [5.41, 5.74) is 1.47. The van der Waals surface area contributed by atoms with Crippen molar-refractivity contribution in [3.8, 4) is 6.07 Å². The normalized spacial score (nSPS) is 12.4. The largest absolute Gasteiger partial charge is 0.459 e. The second-order valence-corrected chi connectivity index (χ2v) is 5.37. The van der Waals surface area contributed by atoms with Crippen LogP contribution in [0.25, 0.3) is 0 Å². The number of hydrogen-bond acceptors (Lipinski definition) is 6. The van der Waals surface area contributed by atoms with Gasteiger partial charge in [0.2, 0.25) is 0 Å². The quantitative estimate of drug-likeness (QED) is 0.183. The maximum atomic E-state index is 12.0. The summed E-state index contributed by atoms with van der Waals surface area (Å²) in [6, 6.07) is 1.92. The van der Waals surface area contributed by atoms with Gasteiger partial charge in [0.05, 0.1) is 6.61 Å². The molecule has 24 heavy (non-hydrogen) atoms. The maximum absolute atomic E-state index is 12.0. The Hall–Kier alpha value is -1.84. The molecule has 0 amide bonds. The molecule has 0 aliphatic rings. The van der Waals surface area contributed by atoms with E-state index in [2.05, 4.69) is 12.2 Å². The van der Waals surface area contributed by atoms with Gasteiger partial charge in [-0.3, -0.25) is 0 Å². The van der Waals surface area contributed by atoms with Crippen molar-refractivity contribution in [2.24, 2.45) is 0 Å². The van der Waals surface area contributed by atoms with Gasteiger partial charge in [0.25, 0.3) is 0 Å². The predicted octanol–water partition coefficient (Wildman–Crippen LogP) is 2.72. The topological polar surface area (TPSA) is 80.6 Å². The lowest BCUT2D eigenvalue weighted by molar-refractivity contribution is -0.140. The monoisotopic (exact) mass is 338 g/mol. The highest BCUT2D eigenvalue weighted by Crippen LogP contribution is 2.09. The molecular weight excluding hydrogens is 308 g/mol. The molecule has 0 radical (unpaired) electrons. The lowest BCUT2D eigenvalue weighted by atomic mass is 10.1. The van der Waals surface area contributed by atoms with Crippen LogP contribution >= 0.6 is 0 Å². The Bertz CT molecular complexity index is 464. The number of ether oxygens (including phenoxy) is 3. The van der Waals surface area contributed by atoms with E-state index in [0.717, 1.165) is 31.5 Å². The Kier molecular flexibility index (Phi) is 13.6. The molecular formula is C18H30N2O4. The molecule has 0 aromatic rings. The van der Waals surface area contributed by atoms with Crippen molar-refractivity contribution in [2.45, 2.75) is 40.0 Å². The van der Waals surface area contributed by atoms with Crippen LogP contribution in [-0.2, 0) is 19.0 Å². The van der Waals surface area contributed by atoms with E-state index < -0.39 is 5.97 Å². The third kappa shape index (κ3) is 10.8. The Morgan fingerprint density at radius 2 is 1.92 bits per heavy atom. The first-order chi connectivity index (χ1) is 11.6. The van der Waals surface area contributed by atoms with Crippen molar-refractivity contribution in [1.29, 1.82) is 5.26 Å². The number of carbonyl (C=O) groups excluding carboxylic acids is 1. The first-order valence-electron chi connectivity index (χ1n) is 8.33. The average molecular weight is 338 g/mol. The van der Waals surface area contributed by atoms with E-state index >= 15 is 0 Å². The van der Waals surface area contributed by atoms with E-state index in [4.69, 9.17) is 14.2 Å². The second kappa shape index (κ2) is 14.7. The molecule has 0 fully saturated rings. The summed E-state index contributed by atoms with van der Waals surface area (Å²) in [6.45, 7) is 8.30. The second-order valence-electron chi connectivity index (χ2n) is 5.37. The van der Waals surface area contributed by atoms with Gasteiger partial charge in [-0.1, -0.05) is 13.3 Å². The molecule has 0 unspecified atom stereocenters. The highest BCUT2D eigenvalue weighted by molar-refractivity contribution is 5.94. The molecule has 0 bridgehead atoms. The first kappa shape index (κ1) is 22.2. The van der Waals surface area contributed by atoms with Gasteiger partial charge in [0.1, 0.15) is 18.2 Å². The lowest BCUT2D eigenvalue weighted by Crippen LogP contribution is -2.15. The molecule has 0 aromatic heterocycles. The van der Waals surface area contributed by atoms with Crippen molar-refractivity contribution in [3.63, 3.8) is 0 Å². The summed E-state index contributed by atoms with van der Waals surface area (Å²) in [6.07, 6.45) is 4.70. The molecule has 6 heteroatoms. The number of unbranched alkanes of at least 4 members (excludes halogenated alkanes) is 1. The third-order valence-corrected chi connectivity index (χ3v) is 3.18. The van der Waals surface area contributed by atoms with Crippen LogP contribution < -0.4 is 5.32 Å². The minimum Gasteiger partial charge on any atom is -0.459 e. The molecule has 0 saturated carbocycles. The summed E-state index contributed by atoms with van der Waals surface area (Å²) in [7, 11) is 1.66. The standard InChI is InChI=1S/C18H30N2O4/c1-5-6-10-23-11-12-24-18(21)17(14-19)15(2)13-16(3)20-8-7-9-22-4/h13,20H,5-12H2,1-4H3/b16-13+,17-15-. The number of carbonyl (C=O) groups is 1. The van der Waals surface area contributed by atoms with Crippen LogP contribution in [0.2, 0.25) is 0 Å². The Balaban J connectivity index is 4.41.